The van der Waals surface area contributed by atoms with Gasteiger partial charge in [0.1, 0.15) is 5.75 Å². The minimum absolute atomic E-state index is 0.0316. The van der Waals surface area contributed by atoms with E-state index in [1.165, 1.54) is 0 Å². The lowest BCUT2D eigenvalue weighted by molar-refractivity contribution is -0.121. The van der Waals surface area contributed by atoms with Crippen LogP contribution < -0.4 is 10.6 Å². The van der Waals surface area contributed by atoms with E-state index in [0.717, 1.165) is 19.5 Å². The van der Waals surface area contributed by atoms with Gasteiger partial charge in [-0.15, -0.1) is 0 Å². The Morgan fingerprint density at radius 2 is 2.33 bits per heavy atom. The van der Waals surface area contributed by atoms with E-state index in [1.807, 2.05) is 13.0 Å². The summed E-state index contributed by atoms with van der Waals surface area (Å²) in [5.74, 6) is 0.664. The summed E-state index contributed by atoms with van der Waals surface area (Å²) in [6.45, 7) is 4.04. The van der Waals surface area contributed by atoms with Gasteiger partial charge >= 0.3 is 0 Å². The predicted octanol–water partition coefficient (Wildman–Crippen LogP) is 1.05. The summed E-state index contributed by atoms with van der Waals surface area (Å²) in [6.07, 6.45) is 1.34. The Labute approximate surface area is 107 Å². The van der Waals surface area contributed by atoms with Gasteiger partial charge < -0.3 is 15.7 Å². The molecule has 1 aliphatic heterocycles. The molecule has 98 valence electrons. The first kappa shape index (κ1) is 12.9. The van der Waals surface area contributed by atoms with E-state index < -0.39 is 0 Å². The summed E-state index contributed by atoms with van der Waals surface area (Å²) in [5, 5.41) is 15.9. The summed E-state index contributed by atoms with van der Waals surface area (Å²) in [7, 11) is 0. The second kappa shape index (κ2) is 5.87. The van der Waals surface area contributed by atoms with E-state index in [0.29, 0.717) is 11.5 Å². The number of amides is 1. The Hall–Kier alpha value is -1.55. The Bertz CT molecular complexity index is 414. The summed E-state index contributed by atoms with van der Waals surface area (Å²) in [4.78, 5) is 11.9. The number of phenols is 1. The van der Waals surface area contributed by atoms with Crippen LogP contribution in [-0.4, -0.2) is 30.1 Å². The Morgan fingerprint density at radius 1 is 1.56 bits per heavy atom. The maximum atomic E-state index is 11.9. The van der Waals surface area contributed by atoms with Crippen LogP contribution in [0.2, 0.25) is 0 Å². The van der Waals surface area contributed by atoms with Crippen molar-refractivity contribution in [1.29, 1.82) is 0 Å². The highest BCUT2D eigenvalue weighted by Crippen LogP contribution is 2.17. The zero-order valence-electron chi connectivity index (χ0n) is 10.6. The number of benzene rings is 1. The van der Waals surface area contributed by atoms with Gasteiger partial charge in [-0.1, -0.05) is 18.2 Å². The van der Waals surface area contributed by atoms with Crippen LogP contribution in [0.3, 0.4) is 0 Å². The fraction of sp³-hybridized carbons (Fsp3) is 0.500. The largest absolute Gasteiger partial charge is 0.508 e. The molecular weight excluding hydrogens is 228 g/mol. The molecule has 0 radical (unpaired) electrons. The number of carbonyl (C=O) groups excluding carboxylic acids is 1. The Kier molecular flexibility index (Phi) is 4.20. The summed E-state index contributed by atoms with van der Waals surface area (Å²) >= 11 is 0. The van der Waals surface area contributed by atoms with E-state index in [2.05, 4.69) is 10.6 Å². The average Bonchev–Trinajstić information content (AvgIpc) is 2.85. The van der Waals surface area contributed by atoms with Crippen molar-refractivity contribution in [2.45, 2.75) is 25.8 Å². The summed E-state index contributed by atoms with van der Waals surface area (Å²) in [5.41, 5.74) is 0.673. The minimum Gasteiger partial charge on any atom is -0.508 e. The second-order valence-electron chi connectivity index (χ2n) is 4.91. The van der Waals surface area contributed by atoms with Crippen molar-refractivity contribution in [2.24, 2.45) is 5.92 Å². The van der Waals surface area contributed by atoms with Crippen molar-refractivity contribution in [1.82, 2.24) is 10.6 Å². The molecule has 2 rings (SSSR count). The maximum absolute atomic E-state index is 11.9. The third-order valence-corrected chi connectivity index (χ3v) is 3.54. The SMILES string of the molecule is CC(NC(=O)Cc1ccccc1O)C1CCNC1. The lowest BCUT2D eigenvalue weighted by atomic mass is 10.0. The number of rotatable bonds is 4. The monoisotopic (exact) mass is 248 g/mol. The van der Waals surface area contributed by atoms with Gasteiger partial charge in [0, 0.05) is 11.6 Å². The molecule has 2 atom stereocenters. The van der Waals surface area contributed by atoms with Crippen LogP contribution >= 0.6 is 0 Å². The molecule has 4 heteroatoms. The predicted molar refractivity (Wildman–Crippen MR) is 70.4 cm³/mol. The van der Waals surface area contributed by atoms with E-state index in [-0.39, 0.29) is 24.1 Å². The zero-order valence-corrected chi connectivity index (χ0v) is 10.6. The highest BCUT2D eigenvalue weighted by Gasteiger charge is 2.22. The molecule has 1 aromatic carbocycles. The molecule has 1 heterocycles. The number of phenolic OH excluding ortho intramolecular Hbond substituents is 1. The number of nitrogens with one attached hydrogen (secondary N) is 2. The molecule has 3 N–H and O–H groups in total. The fourth-order valence-corrected chi connectivity index (χ4v) is 2.36. The standard InChI is InChI=1S/C14H20N2O2/c1-10(12-6-7-15-9-12)16-14(18)8-11-4-2-3-5-13(11)17/h2-5,10,12,15,17H,6-9H2,1H3,(H,16,18). The van der Waals surface area contributed by atoms with Crippen LogP contribution in [0.1, 0.15) is 18.9 Å². The summed E-state index contributed by atoms with van der Waals surface area (Å²) < 4.78 is 0. The third kappa shape index (κ3) is 3.23. The van der Waals surface area contributed by atoms with Crippen molar-refractivity contribution < 1.29 is 9.90 Å². The first-order valence-electron chi connectivity index (χ1n) is 6.44. The van der Waals surface area contributed by atoms with Gasteiger partial charge in [-0.05, 0) is 38.4 Å². The van der Waals surface area contributed by atoms with Gasteiger partial charge in [0.2, 0.25) is 5.91 Å². The van der Waals surface area contributed by atoms with E-state index >= 15 is 0 Å². The Balaban J connectivity index is 1.86. The lowest BCUT2D eigenvalue weighted by Gasteiger charge is -2.19. The minimum atomic E-state index is -0.0316. The van der Waals surface area contributed by atoms with E-state index in [9.17, 15) is 9.90 Å². The number of carbonyl (C=O) groups is 1. The van der Waals surface area contributed by atoms with Crippen LogP contribution in [0.4, 0.5) is 0 Å². The molecule has 1 saturated heterocycles. The molecule has 0 saturated carbocycles. The van der Waals surface area contributed by atoms with Gasteiger partial charge in [-0.2, -0.15) is 0 Å². The van der Waals surface area contributed by atoms with Gasteiger partial charge in [0.05, 0.1) is 6.42 Å². The van der Waals surface area contributed by atoms with Gasteiger partial charge in [0.15, 0.2) is 0 Å². The van der Waals surface area contributed by atoms with Gasteiger partial charge in [-0.25, -0.2) is 0 Å². The third-order valence-electron chi connectivity index (χ3n) is 3.54. The highest BCUT2D eigenvalue weighted by molar-refractivity contribution is 5.79. The number of hydrogen-bond acceptors (Lipinski definition) is 3. The normalized spacial score (nSPS) is 20.6. The first-order valence-corrected chi connectivity index (χ1v) is 6.44. The van der Waals surface area contributed by atoms with Crippen LogP contribution in [0.25, 0.3) is 0 Å². The first-order chi connectivity index (χ1) is 8.66. The topological polar surface area (TPSA) is 61.4 Å². The van der Waals surface area contributed by atoms with Crippen molar-refractivity contribution in [3.8, 4) is 5.75 Å². The molecule has 0 bridgehead atoms. The quantitative estimate of drug-likeness (QED) is 0.746. The van der Waals surface area contributed by atoms with Crippen molar-refractivity contribution in [2.75, 3.05) is 13.1 Å². The molecule has 1 amide bonds. The lowest BCUT2D eigenvalue weighted by Crippen LogP contribution is -2.39. The molecular formula is C14H20N2O2. The molecule has 0 spiro atoms. The van der Waals surface area contributed by atoms with Crippen LogP contribution in [0.15, 0.2) is 24.3 Å². The molecule has 1 fully saturated rings. The molecule has 1 aromatic rings. The molecule has 18 heavy (non-hydrogen) atoms. The summed E-state index contributed by atoms with van der Waals surface area (Å²) in [6, 6.07) is 7.14. The smallest absolute Gasteiger partial charge is 0.224 e. The van der Waals surface area contributed by atoms with Crippen LogP contribution in [0, 0.1) is 5.92 Å². The molecule has 2 unspecified atom stereocenters. The van der Waals surface area contributed by atoms with E-state index in [4.69, 9.17) is 0 Å². The molecule has 0 aliphatic carbocycles. The van der Waals surface area contributed by atoms with Gasteiger partial charge in [-0.3, -0.25) is 4.79 Å². The number of aromatic hydroxyl groups is 1. The second-order valence-corrected chi connectivity index (χ2v) is 4.91. The number of para-hydroxylation sites is 1. The van der Waals surface area contributed by atoms with Gasteiger partial charge in [0.25, 0.3) is 0 Å². The zero-order chi connectivity index (χ0) is 13.0. The highest BCUT2D eigenvalue weighted by atomic mass is 16.3. The van der Waals surface area contributed by atoms with Crippen LogP contribution in [-0.2, 0) is 11.2 Å². The number of hydrogen-bond donors (Lipinski definition) is 3. The molecule has 4 nitrogen and oxygen atoms in total. The fourth-order valence-electron chi connectivity index (χ4n) is 2.36. The van der Waals surface area contributed by atoms with E-state index in [1.54, 1.807) is 18.2 Å². The Morgan fingerprint density at radius 3 is 3.00 bits per heavy atom. The van der Waals surface area contributed by atoms with Crippen molar-refractivity contribution in [3.05, 3.63) is 29.8 Å². The maximum Gasteiger partial charge on any atom is 0.224 e. The average molecular weight is 248 g/mol. The van der Waals surface area contributed by atoms with Crippen molar-refractivity contribution >= 4 is 5.91 Å². The van der Waals surface area contributed by atoms with Crippen molar-refractivity contribution in [3.63, 3.8) is 0 Å². The molecule has 0 aromatic heterocycles. The molecule has 1 aliphatic rings. The van der Waals surface area contributed by atoms with Crippen LogP contribution in [0.5, 0.6) is 5.75 Å².